The van der Waals surface area contributed by atoms with E-state index in [0.29, 0.717) is 0 Å². The van der Waals surface area contributed by atoms with Gasteiger partial charge < -0.3 is 73.6 Å². The number of hydrogen-bond donors (Lipinski definition) is 7. The molecule has 5 atom stereocenters. The fourth-order valence-electron chi connectivity index (χ4n) is 4.83. The predicted octanol–water partition coefficient (Wildman–Crippen LogP) is 3.41. The lowest BCUT2D eigenvalue weighted by molar-refractivity contribution is -0.567. The van der Waals surface area contributed by atoms with Crippen LogP contribution in [0, 0.1) is 0 Å². The zero-order valence-electron chi connectivity index (χ0n) is 39.8. The van der Waals surface area contributed by atoms with Gasteiger partial charge in [0.2, 0.25) is 0 Å². The molecule has 41 heteroatoms. The van der Waals surface area contributed by atoms with Gasteiger partial charge in [0.15, 0.2) is 0 Å². The van der Waals surface area contributed by atoms with Gasteiger partial charge >= 0.3 is 61.5 Å². The molecular weight excluding hydrogens is 1160 g/mol. The number of aliphatic hydroxyl groups excluding tert-OH is 7. The summed E-state index contributed by atoms with van der Waals surface area (Å²) in [5, 5.41) is 65.2. The van der Waals surface area contributed by atoms with E-state index in [1.54, 1.807) is 0 Å². The lowest BCUT2D eigenvalue weighted by Gasteiger charge is -2.32. The minimum Gasteiger partial charge on any atom is -0.394 e. The molecule has 0 heterocycles. The summed E-state index contributed by atoms with van der Waals surface area (Å²) >= 11 is 0. The molecule has 0 radical (unpaired) electrons. The predicted molar refractivity (Wildman–Crippen MR) is 205 cm³/mol. The molecular formula is C37H56F20O21. The summed E-state index contributed by atoms with van der Waals surface area (Å²) in [6.45, 7) is -17.7. The van der Waals surface area contributed by atoms with Crippen molar-refractivity contribution in [3.05, 3.63) is 0 Å². The SMILES string of the molecule is OCCOCC(O)COCCCC(O)COCC(F)(F)OC(F)(F)OC(F)(F)C(F)(F)OC(F)(F)COCC(O)COCC(F)(F)OC(F)(F)OC(F)(F)C(F)(F)OC(F)(F)COCC(O)CCCOCC(O)COCCO. The van der Waals surface area contributed by atoms with Gasteiger partial charge in [0.1, 0.15) is 44.7 Å². The van der Waals surface area contributed by atoms with Gasteiger partial charge in [-0.15, -0.1) is 17.6 Å². The monoisotopic (exact) mass is 1220 g/mol. The topological polar surface area (TPSA) is 271 Å². The molecule has 21 nitrogen and oxygen atoms in total. The Morgan fingerprint density at radius 1 is 0.269 bits per heavy atom. The lowest BCUT2D eigenvalue weighted by Crippen LogP contribution is -2.54. The smallest absolute Gasteiger partial charge is 0.394 e. The number of halogens is 20. The van der Waals surface area contributed by atoms with Crippen LogP contribution in [0.1, 0.15) is 25.7 Å². The van der Waals surface area contributed by atoms with Gasteiger partial charge in [0.05, 0.1) is 91.5 Å². The molecule has 0 bridgehead atoms. The highest BCUT2D eigenvalue weighted by molar-refractivity contribution is 4.73. The standard InChI is InChI=1S/C37H56F20O21/c38-28(39,19-69-11-23(60)3-1-7-65-13-25(62)15-67-9-5-58)73-32(46,47)34(50,51)78-37(56,57)76-31(44,45)22-72-18-27(64)17-71-20-29(40,41)74-33(48,49)35(52,53)77-36(54,55)75-30(42,43)21-70-12-24(61)4-2-8-66-14-26(63)16-68-10-6-59/h23-27,58-64H,1-22H2. The number of hydrogen-bond acceptors (Lipinski definition) is 21. The van der Waals surface area contributed by atoms with Crippen molar-refractivity contribution in [2.24, 2.45) is 0 Å². The maximum atomic E-state index is 13.9. The van der Waals surface area contributed by atoms with Crippen LogP contribution in [0.3, 0.4) is 0 Å². The molecule has 0 aliphatic heterocycles. The van der Waals surface area contributed by atoms with Crippen molar-refractivity contribution in [3.63, 3.8) is 0 Å². The summed E-state index contributed by atoms with van der Waals surface area (Å²) in [5.41, 5.74) is 0. The van der Waals surface area contributed by atoms with Crippen molar-refractivity contribution in [1.29, 1.82) is 0 Å². The number of ether oxygens (including phenoxy) is 14. The van der Waals surface area contributed by atoms with Crippen LogP contribution in [0.2, 0.25) is 0 Å². The average molecular weight is 1220 g/mol. The van der Waals surface area contributed by atoms with E-state index in [1.165, 1.54) is 0 Å². The summed E-state index contributed by atoms with van der Waals surface area (Å²) in [7, 11) is 0. The van der Waals surface area contributed by atoms with Crippen molar-refractivity contribution >= 4 is 0 Å². The molecule has 0 aliphatic rings. The van der Waals surface area contributed by atoms with E-state index < -0.39 is 145 Å². The third kappa shape index (κ3) is 34.9. The Bertz CT molecular complexity index is 1590. The molecule has 5 unspecified atom stereocenters. The van der Waals surface area contributed by atoms with Gasteiger partial charge in [-0.3, -0.25) is 0 Å². The lowest BCUT2D eigenvalue weighted by atomic mass is 10.2. The van der Waals surface area contributed by atoms with Gasteiger partial charge in [0, 0.05) is 13.2 Å². The number of aliphatic hydroxyl groups is 7. The second-order valence-corrected chi connectivity index (χ2v) is 15.5. The van der Waals surface area contributed by atoms with Crippen LogP contribution in [0.25, 0.3) is 0 Å². The molecule has 0 fully saturated rings. The van der Waals surface area contributed by atoms with E-state index in [4.69, 9.17) is 29.2 Å². The number of alkyl halides is 20. The molecule has 78 heavy (non-hydrogen) atoms. The second kappa shape index (κ2) is 34.4. The van der Waals surface area contributed by atoms with Crippen molar-refractivity contribution in [3.8, 4) is 0 Å². The fraction of sp³-hybridized carbons (Fsp3) is 1.00. The minimum absolute atomic E-state index is 0.0171. The van der Waals surface area contributed by atoms with Gasteiger partial charge in [-0.2, -0.15) is 70.2 Å². The van der Waals surface area contributed by atoms with Gasteiger partial charge in [-0.1, -0.05) is 0 Å². The first kappa shape index (κ1) is 75.8. The maximum absolute atomic E-state index is 13.9. The van der Waals surface area contributed by atoms with E-state index in [0.717, 1.165) is 0 Å². The third-order valence-electron chi connectivity index (χ3n) is 7.95. The largest absolute Gasteiger partial charge is 0.495 e. The van der Waals surface area contributed by atoms with Crippen LogP contribution >= 0.6 is 0 Å². The van der Waals surface area contributed by atoms with Crippen LogP contribution in [-0.4, -0.2) is 247 Å². The van der Waals surface area contributed by atoms with Crippen LogP contribution in [-0.2, 0) is 66.3 Å². The average Bonchev–Trinajstić information content (AvgIpc) is 3.23. The zero-order valence-corrected chi connectivity index (χ0v) is 39.8. The van der Waals surface area contributed by atoms with Crippen LogP contribution in [0.15, 0.2) is 0 Å². The quantitative estimate of drug-likeness (QED) is 0.0261. The molecule has 0 aromatic heterocycles. The number of rotatable bonds is 50. The summed E-state index contributed by atoms with van der Waals surface area (Å²) in [5.74, 6) is 0. The van der Waals surface area contributed by atoms with Crippen LogP contribution < -0.4 is 0 Å². The summed E-state index contributed by atoms with van der Waals surface area (Å²) in [6, 6.07) is 0. The van der Waals surface area contributed by atoms with E-state index in [2.05, 4.69) is 47.4 Å². The first-order valence-corrected chi connectivity index (χ1v) is 21.8. The Labute approximate surface area is 426 Å². The molecule has 470 valence electrons. The molecule has 0 rings (SSSR count). The van der Waals surface area contributed by atoms with E-state index in [-0.39, 0.29) is 91.8 Å². The summed E-state index contributed by atoms with van der Waals surface area (Å²) in [4.78, 5) is 0. The minimum atomic E-state index is -6.99. The summed E-state index contributed by atoms with van der Waals surface area (Å²) < 4.78 is 327. The van der Waals surface area contributed by atoms with Crippen molar-refractivity contribution in [2.45, 2.75) is 118 Å². The van der Waals surface area contributed by atoms with Gasteiger partial charge in [-0.25, -0.2) is 28.4 Å². The Morgan fingerprint density at radius 2 is 0.487 bits per heavy atom. The molecule has 0 saturated heterocycles. The molecule has 0 amide bonds. The van der Waals surface area contributed by atoms with E-state index >= 15 is 0 Å². The zero-order chi connectivity index (χ0) is 60.3. The normalized spacial score (nSPS) is 16.2. The van der Waals surface area contributed by atoms with Gasteiger partial charge in [0.25, 0.3) is 0 Å². The molecule has 0 saturated carbocycles. The second-order valence-electron chi connectivity index (χ2n) is 15.5. The van der Waals surface area contributed by atoms with Gasteiger partial charge in [-0.05, 0) is 25.7 Å². The highest BCUT2D eigenvalue weighted by atomic mass is 19.4. The van der Waals surface area contributed by atoms with Crippen molar-refractivity contribution in [1.82, 2.24) is 0 Å². The molecule has 0 aliphatic carbocycles. The van der Waals surface area contributed by atoms with Crippen molar-refractivity contribution in [2.75, 3.05) is 119 Å². The highest BCUT2D eigenvalue weighted by Crippen LogP contribution is 2.46. The van der Waals surface area contributed by atoms with Crippen LogP contribution in [0.5, 0.6) is 0 Å². The third-order valence-corrected chi connectivity index (χ3v) is 7.95. The molecule has 7 N–H and O–H groups in total. The van der Waals surface area contributed by atoms with Crippen LogP contribution in [0.4, 0.5) is 87.8 Å². The Hall–Kier alpha value is -2.24. The highest BCUT2D eigenvalue weighted by Gasteiger charge is 2.70. The first-order chi connectivity index (χ1) is 35.5. The Balaban J connectivity index is 4.91. The molecule has 0 aromatic rings. The Morgan fingerprint density at radius 3 is 0.756 bits per heavy atom. The summed E-state index contributed by atoms with van der Waals surface area (Å²) in [6.07, 6.45) is -71.7. The first-order valence-electron chi connectivity index (χ1n) is 21.8. The Kier molecular flexibility index (Phi) is 33.4. The molecule has 0 spiro atoms. The van der Waals surface area contributed by atoms with E-state index in [9.17, 15) is 113 Å². The fourth-order valence-corrected chi connectivity index (χ4v) is 4.83. The maximum Gasteiger partial charge on any atom is 0.495 e. The molecule has 0 aromatic carbocycles. The van der Waals surface area contributed by atoms with E-state index in [1.807, 2.05) is 0 Å². The van der Waals surface area contributed by atoms with Crippen molar-refractivity contribution < 1.29 is 190 Å².